The number of benzene rings is 1. The summed E-state index contributed by atoms with van der Waals surface area (Å²) in [6.45, 7) is 1.98. The average molecular weight is 357 g/mol. The zero-order valence-corrected chi connectivity index (χ0v) is 13.6. The van der Waals surface area contributed by atoms with Gasteiger partial charge in [0.25, 0.3) is 0 Å². The molecule has 0 bridgehead atoms. The maximum atomic E-state index is 12.3. The molecule has 4 nitrogen and oxygen atoms in total. The number of nitrogens with two attached hydrogens (primary N) is 1. The molecule has 0 unspecified atom stereocenters. The smallest absolute Gasteiger partial charge is 0.168 e. The first-order chi connectivity index (χ1) is 9.42. The van der Waals surface area contributed by atoms with E-state index >= 15 is 0 Å². The number of rotatable bonds is 4. The minimum absolute atomic E-state index is 0.0365. The van der Waals surface area contributed by atoms with Gasteiger partial charge in [-0.15, -0.1) is 0 Å². The predicted molar refractivity (Wildman–Crippen MR) is 84.2 cm³/mol. The van der Waals surface area contributed by atoms with Crippen LogP contribution in [0.25, 0.3) is 0 Å². The number of hydrogen-bond donors (Lipinski definition) is 1. The molecule has 2 N–H and O–H groups in total. The number of Topliss-reactive ketones (excluding diaryl/α,β-unsaturated/α-hetero) is 1. The highest BCUT2D eigenvalue weighted by molar-refractivity contribution is 9.10. The Bertz CT molecular complexity index is 646. The number of ketones is 1. The van der Waals surface area contributed by atoms with Crippen molar-refractivity contribution >= 4 is 39.0 Å². The van der Waals surface area contributed by atoms with Crippen LogP contribution in [0.3, 0.4) is 0 Å². The van der Waals surface area contributed by atoms with Crippen molar-refractivity contribution in [2.45, 2.75) is 19.8 Å². The molecule has 0 spiro atoms. The first kappa shape index (κ1) is 15.1. The molecular weight excluding hydrogens is 342 g/mol. The lowest BCUT2D eigenvalue weighted by Gasteiger charge is -2.05. The summed E-state index contributed by atoms with van der Waals surface area (Å²) in [5.41, 5.74) is 8.40. The zero-order valence-electron chi connectivity index (χ0n) is 11.3. The Balaban J connectivity index is 2.30. The number of aromatic nitrogens is 2. The molecular formula is C14H15BrClN3O. The van der Waals surface area contributed by atoms with Gasteiger partial charge in [-0.25, -0.2) is 0 Å². The molecule has 0 aliphatic carbocycles. The van der Waals surface area contributed by atoms with Gasteiger partial charge in [0, 0.05) is 22.8 Å². The summed E-state index contributed by atoms with van der Waals surface area (Å²) >= 11 is 9.59. The third-order valence-corrected chi connectivity index (χ3v) is 3.97. The zero-order chi connectivity index (χ0) is 14.9. The highest BCUT2D eigenvalue weighted by Gasteiger charge is 2.17. The summed E-state index contributed by atoms with van der Waals surface area (Å²) in [6, 6.07) is 5.17. The van der Waals surface area contributed by atoms with E-state index in [1.165, 1.54) is 0 Å². The van der Waals surface area contributed by atoms with E-state index in [2.05, 4.69) is 21.0 Å². The molecule has 0 amide bonds. The monoisotopic (exact) mass is 355 g/mol. The lowest BCUT2D eigenvalue weighted by molar-refractivity contribution is 0.0990. The Hall–Kier alpha value is -1.33. The maximum Gasteiger partial charge on any atom is 0.168 e. The molecule has 1 heterocycles. The molecule has 1 aromatic heterocycles. The van der Waals surface area contributed by atoms with E-state index in [0.29, 0.717) is 16.3 Å². The van der Waals surface area contributed by atoms with Crippen LogP contribution in [0.2, 0.25) is 5.02 Å². The van der Waals surface area contributed by atoms with Gasteiger partial charge in [0.15, 0.2) is 5.78 Å². The van der Waals surface area contributed by atoms with Gasteiger partial charge < -0.3 is 5.73 Å². The van der Waals surface area contributed by atoms with E-state index in [9.17, 15) is 4.79 Å². The Kier molecular flexibility index (Phi) is 4.50. The lowest BCUT2D eigenvalue weighted by atomic mass is 10.1. The van der Waals surface area contributed by atoms with Crippen LogP contribution in [-0.4, -0.2) is 15.6 Å². The van der Waals surface area contributed by atoms with Crippen molar-refractivity contribution in [1.82, 2.24) is 9.78 Å². The highest BCUT2D eigenvalue weighted by Crippen LogP contribution is 2.24. The SMILES string of the molecule is CCc1nn(C)c(CC(=O)c2cc(N)cc(Br)c2)c1Cl. The maximum absolute atomic E-state index is 12.3. The van der Waals surface area contributed by atoms with E-state index in [-0.39, 0.29) is 12.2 Å². The average Bonchev–Trinajstić information content (AvgIpc) is 2.65. The molecule has 0 saturated heterocycles. The van der Waals surface area contributed by atoms with E-state index in [1.54, 1.807) is 29.9 Å². The first-order valence-corrected chi connectivity index (χ1v) is 7.39. The second-order valence-corrected chi connectivity index (χ2v) is 5.85. The number of anilines is 1. The molecule has 0 aliphatic heterocycles. The Morgan fingerprint density at radius 3 is 2.70 bits per heavy atom. The second kappa shape index (κ2) is 5.97. The Labute approximate surface area is 131 Å². The van der Waals surface area contributed by atoms with Gasteiger partial charge in [0.05, 0.1) is 22.8 Å². The van der Waals surface area contributed by atoms with Crippen LogP contribution in [0.4, 0.5) is 5.69 Å². The number of aryl methyl sites for hydroxylation is 2. The second-order valence-electron chi connectivity index (χ2n) is 4.56. The quantitative estimate of drug-likeness (QED) is 0.674. The minimum atomic E-state index is -0.0365. The molecule has 2 aromatic rings. The van der Waals surface area contributed by atoms with E-state index in [4.69, 9.17) is 17.3 Å². The van der Waals surface area contributed by atoms with Crippen molar-refractivity contribution in [3.05, 3.63) is 44.6 Å². The number of carbonyl (C=O) groups excluding carboxylic acids is 1. The third kappa shape index (κ3) is 3.04. The van der Waals surface area contributed by atoms with Crippen molar-refractivity contribution in [3.8, 4) is 0 Å². The standard InChI is InChI=1S/C14H15BrClN3O/c1-3-11-14(16)12(19(2)18-11)7-13(20)8-4-9(15)6-10(17)5-8/h4-6H,3,7,17H2,1-2H3. The molecule has 0 aliphatic rings. The van der Waals surface area contributed by atoms with E-state index in [1.807, 2.05) is 6.92 Å². The fourth-order valence-electron chi connectivity index (χ4n) is 2.04. The summed E-state index contributed by atoms with van der Waals surface area (Å²) in [5, 5.41) is 4.88. The molecule has 0 radical (unpaired) electrons. The largest absolute Gasteiger partial charge is 0.399 e. The summed E-state index contributed by atoms with van der Waals surface area (Å²) in [6.07, 6.45) is 0.947. The van der Waals surface area contributed by atoms with Gasteiger partial charge in [0.1, 0.15) is 0 Å². The van der Waals surface area contributed by atoms with Gasteiger partial charge in [-0.1, -0.05) is 34.5 Å². The van der Waals surface area contributed by atoms with Crippen LogP contribution in [0, 0.1) is 0 Å². The summed E-state index contributed by atoms with van der Waals surface area (Å²) in [7, 11) is 1.79. The van der Waals surface area contributed by atoms with Gasteiger partial charge in [0.2, 0.25) is 0 Å². The third-order valence-electron chi connectivity index (χ3n) is 3.07. The van der Waals surface area contributed by atoms with Gasteiger partial charge >= 0.3 is 0 Å². The van der Waals surface area contributed by atoms with Gasteiger partial charge in [-0.05, 0) is 24.6 Å². The van der Waals surface area contributed by atoms with Crippen LogP contribution in [0.15, 0.2) is 22.7 Å². The predicted octanol–water partition coefficient (Wildman–Crippen LogP) is 3.41. The molecule has 2 rings (SSSR count). The number of nitrogen functional groups attached to an aromatic ring is 1. The Morgan fingerprint density at radius 1 is 1.45 bits per heavy atom. The number of nitrogens with zero attached hydrogens (tertiary/aromatic N) is 2. The van der Waals surface area contributed by atoms with E-state index in [0.717, 1.165) is 22.3 Å². The van der Waals surface area contributed by atoms with E-state index < -0.39 is 0 Å². The van der Waals surface area contributed by atoms with Crippen molar-refractivity contribution in [2.24, 2.45) is 7.05 Å². The number of carbonyl (C=O) groups is 1. The summed E-state index contributed by atoms with van der Waals surface area (Å²) in [5.74, 6) is -0.0365. The highest BCUT2D eigenvalue weighted by atomic mass is 79.9. The van der Waals surface area contributed by atoms with Crippen molar-refractivity contribution < 1.29 is 4.79 Å². The fraction of sp³-hybridized carbons (Fsp3) is 0.286. The number of hydrogen-bond acceptors (Lipinski definition) is 3. The summed E-state index contributed by atoms with van der Waals surface area (Å²) < 4.78 is 2.45. The van der Waals surface area contributed by atoms with Crippen LogP contribution < -0.4 is 5.73 Å². The molecule has 20 heavy (non-hydrogen) atoms. The Morgan fingerprint density at radius 2 is 2.15 bits per heavy atom. The van der Waals surface area contributed by atoms with Crippen LogP contribution >= 0.6 is 27.5 Å². The van der Waals surface area contributed by atoms with Gasteiger partial charge in [-0.3, -0.25) is 9.48 Å². The molecule has 6 heteroatoms. The topological polar surface area (TPSA) is 60.9 Å². The summed E-state index contributed by atoms with van der Waals surface area (Å²) in [4.78, 5) is 12.3. The lowest BCUT2D eigenvalue weighted by Crippen LogP contribution is -2.08. The fourth-order valence-corrected chi connectivity index (χ4v) is 2.91. The minimum Gasteiger partial charge on any atom is -0.399 e. The molecule has 106 valence electrons. The van der Waals surface area contributed by atoms with Crippen LogP contribution in [-0.2, 0) is 19.9 Å². The molecule has 0 atom stereocenters. The van der Waals surface area contributed by atoms with Crippen molar-refractivity contribution in [1.29, 1.82) is 0 Å². The van der Waals surface area contributed by atoms with Crippen molar-refractivity contribution in [3.63, 3.8) is 0 Å². The molecule has 1 aromatic carbocycles. The molecule has 0 saturated carbocycles. The van der Waals surface area contributed by atoms with Crippen LogP contribution in [0.5, 0.6) is 0 Å². The van der Waals surface area contributed by atoms with Crippen molar-refractivity contribution in [2.75, 3.05) is 5.73 Å². The normalized spacial score (nSPS) is 10.8. The molecule has 0 fully saturated rings. The van der Waals surface area contributed by atoms with Gasteiger partial charge in [-0.2, -0.15) is 5.10 Å². The van der Waals surface area contributed by atoms with Crippen LogP contribution in [0.1, 0.15) is 28.7 Å². The first-order valence-electron chi connectivity index (χ1n) is 6.22. The number of halogens is 2.